The van der Waals surface area contributed by atoms with Crippen LogP contribution in [0.25, 0.3) is 0 Å². The van der Waals surface area contributed by atoms with Gasteiger partial charge in [-0.15, -0.1) is 0 Å². The molecule has 1 heterocycles. The van der Waals surface area contributed by atoms with Gasteiger partial charge in [-0.25, -0.2) is 9.87 Å². The fourth-order valence-corrected chi connectivity index (χ4v) is 2.34. The Hall–Kier alpha value is -2.24. The molecule has 0 aliphatic rings. The molecule has 0 spiro atoms. The van der Waals surface area contributed by atoms with E-state index in [1.54, 1.807) is 0 Å². The summed E-state index contributed by atoms with van der Waals surface area (Å²) in [6, 6.07) is 3.74. The van der Waals surface area contributed by atoms with Gasteiger partial charge < -0.3 is 15.2 Å². The fourth-order valence-electron chi connectivity index (χ4n) is 1.68. The van der Waals surface area contributed by atoms with Crippen LogP contribution in [0.4, 0.5) is 20.7 Å². The van der Waals surface area contributed by atoms with Crippen molar-refractivity contribution in [2.45, 2.75) is 5.16 Å². The number of aromatic nitrogens is 3. The summed E-state index contributed by atoms with van der Waals surface area (Å²) in [4.78, 5) is 17.1. The third-order valence-electron chi connectivity index (χ3n) is 2.69. The van der Waals surface area contributed by atoms with E-state index in [2.05, 4.69) is 25.7 Å². The maximum atomic E-state index is 13.5. The lowest BCUT2D eigenvalue weighted by Crippen LogP contribution is -2.12. The number of hydrogen-bond acceptors (Lipinski definition) is 9. The van der Waals surface area contributed by atoms with Crippen molar-refractivity contribution in [1.29, 1.82) is 0 Å². The minimum atomic E-state index is -1.02. The summed E-state index contributed by atoms with van der Waals surface area (Å²) in [7, 11) is 1.42. The van der Waals surface area contributed by atoms with Crippen LogP contribution in [0.3, 0.4) is 0 Å². The Labute approximate surface area is 147 Å². The van der Waals surface area contributed by atoms with Crippen LogP contribution in [0.5, 0.6) is 5.75 Å². The monoisotopic (exact) mass is 373 g/mol. The van der Waals surface area contributed by atoms with E-state index in [-0.39, 0.29) is 37.4 Å². The van der Waals surface area contributed by atoms with E-state index in [0.717, 1.165) is 6.07 Å². The van der Waals surface area contributed by atoms with Crippen LogP contribution in [-0.4, -0.2) is 52.7 Å². The summed E-state index contributed by atoms with van der Waals surface area (Å²) >= 11 is 1.24. The number of nitrogens with one attached hydrogen (secondary N) is 2. The zero-order valence-electron chi connectivity index (χ0n) is 13.3. The Morgan fingerprint density at radius 1 is 1.20 bits per heavy atom. The molecule has 0 atom stereocenters. The molecule has 1 aromatic heterocycles. The Morgan fingerprint density at radius 2 is 2.00 bits per heavy atom. The molecule has 1 aromatic carbocycles. The Kier molecular flexibility index (Phi) is 7.57. The third-order valence-corrected chi connectivity index (χ3v) is 3.50. The van der Waals surface area contributed by atoms with Crippen molar-refractivity contribution < 1.29 is 23.5 Å². The lowest BCUT2D eigenvalue weighted by Gasteiger charge is -2.09. The van der Waals surface area contributed by atoms with E-state index in [1.807, 2.05) is 0 Å². The van der Waals surface area contributed by atoms with Crippen LogP contribution >= 0.6 is 11.8 Å². The van der Waals surface area contributed by atoms with Gasteiger partial charge in [0.1, 0.15) is 0 Å². The van der Waals surface area contributed by atoms with Gasteiger partial charge in [0, 0.05) is 12.3 Å². The molecule has 3 N–H and O–H groups in total. The molecule has 0 fully saturated rings. The summed E-state index contributed by atoms with van der Waals surface area (Å²) < 4.78 is 31.8. The standard InChI is InChI=1S/C14H17F2N5O3S/c1-23-21-13-18-12(17-5-6-22)19-14(20-13)25-8-7-24-10-4-2-3-9(15)11(10)16/h2-4,22H,5-8H2,1H3,(H2,17,18,19,20,21). The van der Waals surface area contributed by atoms with Gasteiger partial charge in [-0.2, -0.15) is 19.3 Å². The predicted octanol–water partition coefficient (Wildman–Crippen LogP) is 1.70. The molecule has 0 radical (unpaired) electrons. The second kappa shape index (κ2) is 9.91. The van der Waals surface area contributed by atoms with Crippen molar-refractivity contribution in [3.63, 3.8) is 0 Å². The first-order chi connectivity index (χ1) is 12.1. The van der Waals surface area contributed by atoms with Crippen molar-refractivity contribution in [3.05, 3.63) is 29.8 Å². The summed E-state index contributed by atoms with van der Waals surface area (Å²) in [5, 5.41) is 12.0. The van der Waals surface area contributed by atoms with Gasteiger partial charge in [-0.05, 0) is 12.1 Å². The summed E-state index contributed by atoms with van der Waals surface area (Å²) in [6.45, 7) is 0.333. The highest BCUT2D eigenvalue weighted by Gasteiger charge is 2.10. The Balaban J connectivity index is 1.92. The van der Waals surface area contributed by atoms with Crippen LogP contribution in [0.2, 0.25) is 0 Å². The molecular weight excluding hydrogens is 356 g/mol. The first-order valence-corrected chi connectivity index (χ1v) is 8.22. The van der Waals surface area contributed by atoms with Crippen molar-refractivity contribution in [1.82, 2.24) is 15.0 Å². The second-order valence-corrected chi connectivity index (χ2v) is 5.53. The van der Waals surface area contributed by atoms with Crippen molar-refractivity contribution in [3.8, 4) is 5.75 Å². The van der Waals surface area contributed by atoms with Crippen LogP contribution in [0, 0.1) is 11.6 Å². The third kappa shape index (κ3) is 5.96. The summed E-state index contributed by atoms with van der Waals surface area (Å²) in [5.41, 5.74) is 2.49. The molecule has 0 unspecified atom stereocenters. The number of hydrogen-bond donors (Lipinski definition) is 3. The van der Waals surface area contributed by atoms with Crippen molar-refractivity contribution in [2.75, 3.05) is 43.4 Å². The van der Waals surface area contributed by atoms with Crippen LogP contribution in [-0.2, 0) is 4.84 Å². The molecule has 0 aliphatic carbocycles. The lowest BCUT2D eigenvalue weighted by atomic mass is 10.3. The molecule has 0 aliphatic heterocycles. The second-order valence-electron chi connectivity index (χ2n) is 4.47. The highest BCUT2D eigenvalue weighted by Crippen LogP contribution is 2.20. The van der Waals surface area contributed by atoms with E-state index in [1.165, 1.54) is 31.0 Å². The minimum absolute atomic E-state index is 0.0752. The first-order valence-electron chi connectivity index (χ1n) is 7.23. The smallest absolute Gasteiger partial charge is 0.252 e. The highest BCUT2D eigenvalue weighted by molar-refractivity contribution is 7.99. The number of halogens is 2. The van der Waals surface area contributed by atoms with Gasteiger partial charge in [0.25, 0.3) is 5.95 Å². The summed E-state index contributed by atoms with van der Waals surface area (Å²) in [6.07, 6.45) is 0. The van der Waals surface area contributed by atoms with E-state index >= 15 is 0 Å². The number of thioether (sulfide) groups is 1. The van der Waals surface area contributed by atoms with Crippen LogP contribution < -0.4 is 15.5 Å². The maximum absolute atomic E-state index is 13.5. The molecule has 136 valence electrons. The van der Waals surface area contributed by atoms with Gasteiger partial charge in [-0.1, -0.05) is 17.8 Å². The Morgan fingerprint density at radius 3 is 2.76 bits per heavy atom. The average molecular weight is 373 g/mol. The lowest BCUT2D eigenvalue weighted by molar-refractivity contribution is 0.266. The molecule has 2 aromatic rings. The average Bonchev–Trinajstić information content (AvgIpc) is 2.60. The number of benzene rings is 1. The number of ether oxygens (including phenoxy) is 1. The quantitative estimate of drug-likeness (QED) is 0.326. The highest BCUT2D eigenvalue weighted by atomic mass is 32.2. The van der Waals surface area contributed by atoms with Gasteiger partial charge in [0.05, 0.1) is 20.3 Å². The fraction of sp³-hybridized carbons (Fsp3) is 0.357. The summed E-state index contributed by atoms with van der Waals surface area (Å²) in [5.74, 6) is -1.28. The normalized spacial score (nSPS) is 10.6. The van der Waals surface area contributed by atoms with E-state index < -0.39 is 11.6 Å². The van der Waals surface area contributed by atoms with Gasteiger partial charge >= 0.3 is 0 Å². The molecule has 0 bridgehead atoms. The predicted molar refractivity (Wildman–Crippen MR) is 88.6 cm³/mol. The molecule has 11 heteroatoms. The van der Waals surface area contributed by atoms with Gasteiger partial charge in [-0.3, -0.25) is 4.84 Å². The molecule has 8 nitrogen and oxygen atoms in total. The molecule has 0 saturated heterocycles. The van der Waals surface area contributed by atoms with Crippen molar-refractivity contribution >= 4 is 23.7 Å². The molecule has 25 heavy (non-hydrogen) atoms. The number of rotatable bonds is 10. The van der Waals surface area contributed by atoms with E-state index in [4.69, 9.17) is 14.7 Å². The number of anilines is 2. The molecule has 2 rings (SSSR count). The van der Waals surface area contributed by atoms with Crippen LogP contribution in [0.15, 0.2) is 23.4 Å². The maximum Gasteiger partial charge on any atom is 0.252 e. The Bertz CT molecular complexity index is 696. The number of aliphatic hydroxyl groups is 1. The van der Waals surface area contributed by atoms with Gasteiger partial charge in [0.15, 0.2) is 16.7 Å². The number of aliphatic hydroxyl groups excluding tert-OH is 1. The van der Waals surface area contributed by atoms with Gasteiger partial charge in [0.2, 0.25) is 11.8 Å². The van der Waals surface area contributed by atoms with E-state index in [9.17, 15) is 8.78 Å². The largest absolute Gasteiger partial charge is 0.490 e. The topological polar surface area (TPSA) is 101 Å². The van der Waals surface area contributed by atoms with E-state index in [0.29, 0.717) is 10.9 Å². The molecule has 0 saturated carbocycles. The van der Waals surface area contributed by atoms with Crippen LogP contribution in [0.1, 0.15) is 0 Å². The number of nitrogens with zero attached hydrogens (tertiary/aromatic N) is 3. The first kappa shape index (κ1) is 19.1. The molecular formula is C14H17F2N5O3S. The minimum Gasteiger partial charge on any atom is -0.490 e. The zero-order chi connectivity index (χ0) is 18.1. The molecule has 0 amide bonds. The zero-order valence-corrected chi connectivity index (χ0v) is 14.1. The van der Waals surface area contributed by atoms with Crippen molar-refractivity contribution in [2.24, 2.45) is 0 Å². The SMILES string of the molecule is CONc1nc(NCCO)nc(SCCOc2cccc(F)c2F)n1.